The molecule has 0 aromatic carbocycles. The summed E-state index contributed by atoms with van der Waals surface area (Å²) in [6, 6.07) is 3.30. The molecule has 0 fully saturated rings. The van der Waals surface area contributed by atoms with Crippen molar-refractivity contribution in [2.45, 2.75) is 36.4 Å². The van der Waals surface area contributed by atoms with Crippen molar-refractivity contribution in [1.82, 2.24) is 4.72 Å². The van der Waals surface area contributed by atoms with Crippen molar-refractivity contribution >= 4 is 33.8 Å². The van der Waals surface area contributed by atoms with Gasteiger partial charge in [-0.05, 0) is 24.3 Å². The molecule has 0 radical (unpaired) electrons. The van der Waals surface area contributed by atoms with Gasteiger partial charge in [0.2, 0.25) is 10.0 Å². The summed E-state index contributed by atoms with van der Waals surface area (Å²) in [7, 11) is -3.38. The number of nitrogens with one attached hydrogen (secondary N) is 1. The number of hydrogen-bond donors (Lipinski definition) is 2. The molecule has 0 atom stereocenters. The van der Waals surface area contributed by atoms with Gasteiger partial charge >= 0.3 is 0 Å². The van der Waals surface area contributed by atoms with Crippen molar-refractivity contribution in [2.75, 3.05) is 6.54 Å². The molecule has 1 heterocycles. The van der Waals surface area contributed by atoms with Crippen LogP contribution < -0.4 is 10.5 Å². The van der Waals surface area contributed by atoms with E-state index < -0.39 is 15.6 Å². The molecule has 17 heavy (non-hydrogen) atoms. The van der Waals surface area contributed by atoms with Gasteiger partial charge in [-0.25, -0.2) is 13.1 Å². The molecule has 1 aromatic heterocycles. The minimum atomic E-state index is -3.38. The van der Waals surface area contributed by atoms with Crippen LogP contribution in [0, 0.1) is 0 Å². The van der Waals surface area contributed by atoms with E-state index in [2.05, 4.69) is 4.72 Å². The zero-order valence-corrected chi connectivity index (χ0v) is 12.4. The number of hydrogen-bond acceptors (Lipinski definition) is 4. The van der Waals surface area contributed by atoms with Crippen LogP contribution in [0.4, 0.5) is 0 Å². The van der Waals surface area contributed by atoms with Crippen molar-refractivity contribution in [3.63, 3.8) is 0 Å². The lowest BCUT2D eigenvalue weighted by Gasteiger charge is -2.26. The van der Waals surface area contributed by atoms with Crippen LogP contribution >= 0.6 is 23.7 Å². The summed E-state index contributed by atoms with van der Waals surface area (Å²) in [6.45, 7) is 4.20. The molecule has 3 N–H and O–H groups in total. The van der Waals surface area contributed by atoms with Gasteiger partial charge in [0.25, 0.3) is 0 Å². The number of thiophene rings is 1. The smallest absolute Gasteiger partial charge is 0.250 e. The van der Waals surface area contributed by atoms with Gasteiger partial charge in [0, 0.05) is 12.1 Å². The van der Waals surface area contributed by atoms with E-state index >= 15 is 0 Å². The first kappa shape index (κ1) is 16.9. The van der Waals surface area contributed by atoms with Gasteiger partial charge in [-0.2, -0.15) is 0 Å². The highest BCUT2D eigenvalue weighted by Crippen LogP contribution is 2.17. The van der Waals surface area contributed by atoms with E-state index in [0.717, 1.165) is 12.8 Å². The predicted molar refractivity (Wildman–Crippen MR) is 74.3 cm³/mol. The minimum Gasteiger partial charge on any atom is -0.324 e. The first-order chi connectivity index (χ1) is 7.43. The highest BCUT2D eigenvalue weighted by atomic mass is 35.5. The van der Waals surface area contributed by atoms with Crippen LogP contribution in [0.15, 0.2) is 21.7 Å². The zero-order valence-electron chi connectivity index (χ0n) is 9.97. The van der Waals surface area contributed by atoms with Crippen molar-refractivity contribution in [2.24, 2.45) is 5.73 Å². The van der Waals surface area contributed by atoms with Crippen molar-refractivity contribution in [3.8, 4) is 0 Å². The summed E-state index contributed by atoms with van der Waals surface area (Å²) in [5, 5.41) is 1.74. The van der Waals surface area contributed by atoms with E-state index in [0.29, 0.717) is 4.21 Å². The van der Waals surface area contributed by atoms with Crippen LogP contribution in [0.2, 0.25) is 0 Å². The van der Waals surface area contributed by atoms with E-state index in [1.807, 2.05) is 13.8 Å². The Balaban J connectivity index is 0.00000256. The maximum absolute atomic E-state index is 11.8. The lowest BCUT2D eigenvalue weighted by atomic mass is 9.95. The predicted octanol–water partition coefficient (Wildman–Crippen LogP) is 1.97. The summed E-state index contributed by atoms with van der Waals surface area (Å²) in [4.78, 5) is 0. The Hall–Kier alpha value is -0.140. The average Bonchev–Trinajstić information content (AvgIpc) is 2.80. The van der Waals surface area contributed by atoms with E-state index in [4.69, 9.17) is 5.73 Å². The lowest BCUT2D eigenvalue weighted by molar-refractivity contribution is 0.392. The monoisotopic (exact) mass is 298 g/mol. The topological polar surface area (TPSA) is 72.2 Å². The summed E-state index contributed by atoms with van der Waals surface area (Å²) in [6.07, 6.45) is 1.49. The van der Waals surface area contributed by atoms with Gasteiger partial charge in [-0.3, -0.25) is 0 Å². The van der Waals surface area contributed by atoms with Crippen LogP contribution in [0.1, 0.15) is 26.7 Å². The Kier molecular flexibility index (Phi) is 6.65. The van der Waals surface area contributed by atoms with Gasteiger partial charge < -0.3 is 5.73 Å². The van der Waals surface area contributed by atoms with Crippen molar-refractivity contribution in [1.29, 1.82) is 0 Å². The Morgan fingerprint density at radius 1 is 1.41 bits per heavy atom. The second-order valence-corrected chi connectivity index (χ2v) is 6.77. The molecule has 100 valence electrons. The third-order valence-electron chi connectivity index (χ3n) is 2.78. The summed E-state index contributed by atoms with van der Waals surface area (Å²) in [5.74, 6) is 0. The molecule has 1 aromatic rings. The Bertz CT molecular complexity index is 414. The molecule has 0 amide bonds. The van der Waals surface area contributed by atoms with Crippen LogP contribution in [0.3, 0.4) is 0 Å². The van der Waals surface area contributed by atoms with Crippen molar-refractivity contribution in [3.05, 3.63) is 17.5 Å². The highest BCUT2D eigenvalue weighted by Gasteiger charge is 2.24. The van der Waals surface area contributed by atoms with Crippen LogP contribution in [0.25, 0.3) is 0 Å². The molecule has 0 aliphatic heterocycles. The molecular formula is C10H19ClN2O2S2. The fraction of sp³-hybridized carbons (Fsp3) is 0.600. The Morgan fingerprint density at radius 3 is 2.41 bits per heavy atom. The molecular weight excluding hydrogens is 280 g/mol. The standard InChI is InChI=1S/C10H18N2O2S2.ClH/c1-3-10(11,4-2)8-12-16(13,14)9-6-5-7-15-9;/h5-7,12H,3-4,8,11H2,1-2H3;1H. The number of nitrogens with two attached hydrogens (primary N) is 1. The second-order valence-electron chi connectivity index (χ2n) is 3.83. The van der Waals surface area contributed by atoms with Gasteiger partial charge in [0.1, 0.15) is 4.21 Å². The third kappa shape index (κ3) is 4.56. The molecule has 0 aliphatic rings. The first-order valence-electron chi connectivity index (χ1n) is 5.25. The van der Waals surface area contributed by atoms with Gasteiger partial charge in [0.05, 0.1) is 0 Å². The minimum absolute atomic E-state index is 0. The number of halogens is 1. The van der Waals surface area contributed by atoms with Gasteiger partial charge in [0.15, 0.2) is 0 Å². The fourth-order valence-electron chi connectivity index (χ4n) is 1.23. The first-order valence-corrected chi connectivity index (χ1v) is 7.62. The number of rotatable bonds is 6. The molecule has 0 unspecified atom stereocenters. The maximum Gasteiger partial charge on any atom is 0.250 e. The quantitative estimate of drug-likeness (QED) is 0.843. The molecule has 4 nitrogen and oxygen atoms in total. The maximum atomic E-state index is 11.8. The van der Waals surface area contributed by atoms with Crippen LogP contribution in [-0.4, -0.2) is 20.5 Å². The molecule has 0 saturated heterocycles. The molecule has 0 aliphatic carbocycles. The summed E-state index contributed by atoms with van der Waals surface area (Å²) in [5.41, 5.74) is 5.58. The average molecular weight is 299 g/mol. The van der Waals surface area contributed by atoms with Crippen LogP contribution in [0.5, 0.6) is 0 Å². The van der Waals surface area contributed by atoms with Gasteiger partial charge in [-0.1, -0.05) is 19.9 Å². The van der Waals surface area contributed by atoms with E-state index in [1.165, 1.54) is 11.3 Å². The van der Waals surface area contributed by atoms with E-state index in [9.17, 15) is 8.42 Å². The van der Waals surface area contributed by atoms with Crippen LogP contribution in [-0.2, 0) is 10.0 Å². The SMILES string of the molecule is CCC(N)(CC)CNS(=O)(=O)c1cccs1.Cl. The highest BCUT2D eigenvalue weighted by molar-refractivity contribution is 7.91. The Morgan fingerprint density at radius 2 is 2.00 bits per heavy atom. The number of sulfonamides is 1. The van der Waals surface area contributed by atoms with Gasteiger partial charge in [-0.15, -0.1) is 23.7 Å². The van der Waals surface area contributed by atoms with E-state index in [1.54, 1.807) is 17.5 Å². The lowest BCUT2D eigenvalue weighted by Crippen LogP contribution is -2.49. The zero-order chi connectivity index (χ0) is 12.2. The largest absolute Gasteiger partial charge is 0.324 e. The Labute approximate surface area is 113 Å². The van der Waals surface area contributed by atoms with Crippen molar-refractivity contribution < 1.29 is 8.42 Å². The molecule has 0 saturated carbocycles. The molecule has 0 spiro atoms. The molecule has 0 bridgehead atoms. The summed E-state index contributed by atoms with van der Waals surface area (Å²) < 4.78 is 26.5. The van der Waals surface area contributed by atoms with E-state index in [-0.39, 0.29) is 19.0 Å². The second kappa shape index (κ2) is 6.70. The fourth-order valence-corrected chi connectivity index (χ4v) is 3.40. The normalized spacial score (nSPS) is 12.2. The molecule has 1 rings (SSSR count). The third-order valence-corrected chi connectivity index (χ3v) is 5.58. The summed E-state index contributed by atoms with van der Waals surface area (Å²) >= 11 is 1.20. The molecule has 7 heteroatoms.